The fourth-order valence-electron chi connectivity index (χ4n) is 1.83. The van der Waals surface area contributed by atoms with Crippen molar-refractivity contribution in [3.05, 3.63) is 35.4 Å². The van der Waals surface area contributed by atoms with Crippen LogP contribution in [0.15, 0.2) is 18.2 Å². The van der Waals surface area contributed by atoms with Gasteiger partial charge in [-0.3, -0.25) is 5.01 Å². The molecule has 2 N–H and O–H groups in total. The van der Waals surface area contributed by atoms with Crippen molar-refractivity contribution in [2.45, 2.75) is 13.0 Å². The molecular formula is C11H13F2N3O. The molecule has 0 aliphatic carbocycles. The molecule has 1 aliphatic rings. The second kappa shape index (κ2) is 4.67. The number of urea groups is 1. The Balaban J connectivity index is 2.18. The summed E-state index contributed by atoms with van der Waals surface area (Å²) >= 11 is 0. The van der Waals surface area contributed by atoms with Gasteiger partial charge in [0.2, 0.25) is 0 Å². The molecule has 0 saturated carbocycles. The van der Waals surface area contributed by atoms with E-state index in [0.717, 1.165) is 5.01 Å². The van der Waals surface area contributed by atoms with Crippen LogP contribution in [0.5, 0.6) is 0 Å². The monoisotopic (exact) mass is 241 g/mol. The minimum atomic E-state index is -0.646. The van der Waals surface area contributed by atoms with Crippen LogP contribution in [-0.2, 0) is 6.54 Å². The summed E-state index contributed by atoms with van der Waals surface area (Å²) in [4.78, 5) is 13.0. The third-order valence-electron chi connectivity index (χ3n) is 2.75. The molecule has 1 saturated heterocycles. The molecule has 6 heteroatoms. The summed E-state index contributed by atoms with van der Waals surface area (Å²) in [6.07, 6.45) is 0.693. The maximum absolute atomic E-state index is 13.4. The molecule has 17 heavy (non-hydrogen) atoms. The number of halogens is 2. The smallest absolute Gasteiger partial charge is 0.319 e. The normalized spacial score (nSPS) is 16.5. The lowest BCUT2D eigenvalue weighted by molar-refractivity contribution is 0.126. The molecule has 1 aromatic carbocycles. The number of benzene rings is 1. The van der Waals surface area contributed by atoms with Crippen LogP contribution in [0.4, 0.5) is 13.6 Å². The van der Waals surface area contributed by atoms with Crippen LogP contribution in [0.1, 0.15) is 12.0 Å². The Morgan fingerprint density at radius 3 is 2.53 bits per heavy atom. The van der Waals surface area contributed by atoms with Gasteiger partial charge in [0, 0.05) is 18.7 Å². The molecule has 1 aliphatic heterocycles. The average molecular weight is 241 g/mol. The first-order chi connectivity index (χ1) is 8.09. The number of nitrogens with zero attached hydrogens (tertiary/aromatic N) is 2. The Morgan fingerprint density at radius 1 is 1.24 bits per heavy atom. The standard InChI is InChI=1S/C11H13F2N3O/c12-9-3-1-4-10(13)8(9)7-15-5-2-6-16(14)11(15)17/h1,3-4H,2,5-7,14H2. The van der Waals surface area contributed by atoms with Gasteiger partial charge in [0.1, 0.15) is 11.6 Å². The lowest BCUT2D eigenvalue weighted by atomic mass is 10.1. The maximum atomic E-state index is 13.4. The number of nitrogens with two attached hydrogens (primary N) is 1. The summed E-state index contributed by atoms with van der Waals surface area (Å²) in [6, 6.07) is 3.24. The van der Waals surface area contributed by atoms with Crippen molar-refractivity contribution in [3.8, 4) is 0 Å². The molecule has 0 spiro atoms. The van der Waals surface area contributed by atoms with E-state index in [1.54, 1.807) is 0 Å². The first-order valence-electron chi connectivity index (χ1n) is 5.33. The maximum Gasteiger partial charge on any atom is 0.334 e. The minimum Gasteiger partial charge on any atom is -0.319 e. The molecule has 1 fully saturated rings. The van der Waals surface area contributed by atoms with Gasteiger partial charge >= 0.3 is 6.03 Å². The zero-order valence-corrected chi connectivity index (χ0v) is 9.20. The van der Waals surface area contributed by atoms with E-state index < -0.39 is 17.7 Å². The Kier molecular flexibility index (Phi) is 3.23. The van der Waals surface area contributed by atoms with Gasteiger partial charge in [-0.05, 0) is 18.6 Å². The fraction of sp³-hybridized carbons (Fsp3) is 0.364. The average Bonchev–Trinajstić information content (AvgIpc) is 2.29. The summed E-state index contributed by atoms with van der Waals surface area (Å²) in [6.45, 7) is 0.834. The molecular weight excluding hydrogens is 228 g/mol. The highest BCUT2D eigenvalue weighted by atomic mass is 19.1. The van der Waals surface area contributed by atoms with Crippen molar-refractivity contribution in [3.63, 3.8) is 0 Å². The van der Waals surface area contributed by atoms with Crippen molar-refractivity contribution >= 4 is 6.03 Å². The van der Waals surface area contributed by atoms with Gasteiger partial charge in [0.15, 0.2) is 0 Å². The van der Waals surface area contributed by atoms with Gasteiger partial charge in [-0.25, -0.2) is 19.4 Å². The van der Waals surface area contributed by atoms with Gasteiger partial charge < -0.3 is 4.90 Å². The Labute approximate surface area is 97.6 Å². The van der Waals surface area contributed by atoms with Crippen molar-refractivity contribution in [1.29, 1.82) is 0 Å². The largest absolute Gasteiger partial charge is 0.334 e. The SMILES string of the molecule is NN1CCCN(Cc2c(F)cccc2F)C1=O. The molecule has 1 aromatic rings. The molecule has 0 radical (unpaired) electrons. The predicted molar refractivity (Wildman–Crippen MR) is 57.7 cm³/mol. The van der Waals surface area contributed by atoms with E-state index in [-0.39, 0.29) is 12.1 Å². The van der Waals surface area contributed by atoms with Crippen LogP contribution in [0.25, 0.3) is 0 Å². The van der Waals surface area contributed by atoms with Gasteiger partial charge in [-0.15, -0.1) is 0 Å². The first-order valence-corrected chi connectivity index (χ1v) is 5.33. The number of hydrogen-bond donors (Lipinski definition) is 1. The lowest BCUT2D eigenvalue weighted by Gasteiger charge is -2.32. The Morgan fingerprint density at radius 2 is 1.88 bits per heavy atom. The van der Waals surface area contributed by atoms with E-state index >= 15 is 0 Å². The fourth-order valence-corrected chi connectivity index (χ4v) is 1.83. The highest BCUT2D eigenvalue weighted by Crippen LogP contribution is 2.17. The molecule has 2 rings (SSSR count). The summed E-state index contributed by atoms with van der Waals surface area (Å²) in [5.74, 6) is 4.16. The molecule has 4 nitrogen and oxygen atoms in total. The molecule has 92 valence electrons. The van der Waals surface area contributed by atoms with Crippen LogP contribution in [0.3, 0.4) is 0 Å². The topological polar surface area (TPSA) is 49.6 Å². The van der Waals surface area contributed by atoms with E-state index in [9.17, 15) is 13.6 Å². The quantitative estimate of drug-likeness (QED) is 0.629. The van der Waals surface area contributed by atoms with Crippen molar-refractivity contribution in [1.82, 2.24) is 9.91 Å². The predicted octanol–water partition coefficient (Wildman–Crippen LogP) is 1.47. The van der Waals surface area contributed by atoms with Crippen LogP contribution in [0.2, 0.25) is 0 Å². The summed E-state index contributed by atoms with van der Waals surface area (Å²) in [7, 11) is 0. The van der Waals surface area contributed by atoms with Gasteiger partial charge in [0.05, 0.1) is 6.54 Å². The molecule has 0 bridgehead atoms. The number of hydrogen-bond acceptors (Lipinski definition) is 2. The number of hydrazine groups is 1. The number of amides is 2. The van der Waals surface area contributed by atoms with E-state index in [0.29, 0.717) is 19.5 Å². The van der Waals surface area contributed by atoms with E-state index in [1.165, 1.54) is 23.1 Å². The lowest BCUT2D eigenvalue weighted by Crippen LogP contribution is -2.52. The molecule has 2 amide bonds. The highest BCUT2D eigenvalue weighted by molar-refractivity contribution is 5.74. The van der Waals surface area contributed by atoms with Crippen molar-refractivity contribution in [2.24, 2.45) is 5.84 Å². The number of carbonyl (C=O) groups is 1. The first kappa shape index (κ1) is 11.8. The van der Waals surface area contributed by atoms with Gasteiger partial charge in [-0.2, -0.15) is 0 Å². The third kappa shape index (κ3) is 2.36. The second-order valence-corrected chi connectivity index (χ2v) is 3.95. The van der Waals surface area contributed by atoms with Crippen LogP contribution < -0.4 is 5.84 Å². The molecule has 0 atom stereocenters. The minimum absolute atomic E-state index is 0.0922. The van der Waals surface area contributed by atoms with Crippen molar-refractivity contribution in [2.75, 3.05) is 13.1 Å². The van der Waals surface area contributed by atoms with Crippen LogP contribution in [-0.4, -0.2) is 29.0 Å². The highest BCUT2D eigenvalue weighted by Gasteiger charge is 2.25. The number of carbonyl (C=O) groups excluding carboxylic acids is 1. The van der Waals surface area contributed by atoms with E-state index in [2.05, 4.69) is 0 Å². The molecule has 1 heterocycles. The van der Waals surface area contributed by atoms with Gasteiger partial charge in [0.25, 0.3) is 0 Å². The molecule has 0 aromatic heterocycles. The third-order valence-corrected chi connectivity index (χ3v) is 2.75. The van der Waals surface area contributed by atoms with Gasteiger partial charge in [-0.1, -0.05) is 6.07 Å². The summed E-state index contributed by atoms with van der Waals surface area (Å²) in [5.41, 5.74) is -0.101. The van der Waals surface area contributed by atoms with E-state index in [1.807, 2.05) is 0 Å². The zero-order valence-electron chi connectivity index (χ0n) is 9.20. The zero-order chi connectivity index (χ0) is 12.4. The number of rotatable bonds is 2. The van der Waals surface area contributed by atoms with Crippen LogP contribution in [0, 0.1) is 11.6 Å². The molecule has 0 unspecified atom stereocenters. The summed E-state index contributed by atoms with van der Waals surface area (Å²) < 4.78 is 26.8. The van der Waals surface area contributed by atoms with E-state index in [4.69, 9.17) is 5.84 Å². The Hall–Kier alpha value is -1.69. The summed E-state index contributed by atoms with van der Waals surface area (Å²) in [5, 5.41) is 1.06. The Bertz CT molecular complexity index is 418. The van der Waals surface area contributed by atoms with Crippen molar-refractivity contribution < 1.29 is 13.6 Å². The van der Waals surface area contributed by atoms with Crippen LogP contribution >= 0.6 is 0 Å². The second-order valence-electron chi connectivity index (χ2n) is 3.95.